The van der Waals surface area contributed by atoms with E-state index < -0.39 is 105 Å². The number of hydrogen-bond acceptors (Lipinski definition) is 21. The first kappa shape index (κ1) is 67.6. The lowest BCUT2D eigenvalue weighted by Crippen LogP contribution is -2.53. The number of esters is 4. The van der Waals surface area contributed by atoms with Crippen LogP contribution in [-0.2, 0) is 57.7 Å². The number of nitrogens with one attached hydrogen (secondary N) is 5. The van der Waals surface area contributed by atoms with Gasteiger partial charge in [0, 0.05) is 90.5 Å². The van der Waals surface area contributed by atoms with Crippen molar-refractivity contribution in [1.29, 1.82) is 0 Å². The Morgan fingerprint density at radius 3 is 1.59 bits per heavy atom. The maximum absolute atomic E-state index is 14.2. The van der Waals surface area contributed by atoms with Crippen LogP contribution in [0.2, 0.25) is 0 Å². The Balaban J connectivity index is 1.73. The van der Waals surface area contributed by atoms with Gasteiger partial charge >= 0.3 is 29.8 Å². The number of aliphatic imine (C=N–C) groups is 1. The molecule has 448 valence electrons. The van der Waals surface area contributed by atoms with Crippen molar-refractivity contribution in [2.45, 2.75) is 137 Å². The van der Waals surface area contributed by atoms with Crippen molar-refractivity contribution < 1.29 is 70.8 Å². The van der Waals surface area contributed by atoms with Gasteiger partial charge in [0.05, 0.1) is 31.9 Å². The highest BCUT2D eigenvalue weighted by Gasteiger charge is 2.34. The SMILES string of the molecule is CC(C)(C)OC(=O)CN1CCN(CC(=O)OC(C)(C)C)CCN(C(CCC(=O)NCCS(=O)(=O)N[C@@H](CNC(=O)c2ccc(OCCNC3=NCCCN3)cc2)C(=O)O)C(=O)OC(C)(C)C)CCN(CC(=O)OC(C)(C)C)CC1. The fraction of sp³-hybridized carbons (Fsp3) is 0.736. The third kappa shape index (κ3) is 29.9. The molecule has 6 N–H and O–H groups in total. The van der Waals surface area contributed by atoms with Crippen molar-refractivity contribution in [3.63, 3.8) is 0 Å². The van der Waals surface area contributed by atoms with Crippen LogP contribution in [0.1, 0.15) is 113 Å². The second-order valence-electron chi connectivity index (χ2n) is 23.4. The Morgan fingerprint density at radius 2 is 1.15 bits per heavy atom. The molecular weight excluding hydrogens is 1050 g/mol. The highest BCUT2D eigenvalue weighted by molar-refractivity contribution is 7.89. The first-order valence-electron chi connectivity index (χ1n) is 27.0. The molecule has 2 heterocycles. The Bertz CT molecular complexity index is 2260. The van der Waals surface area contributed by atoms with E-state index in [0.717, 1.165) is 19.5 Å². The number of benzene rings is 1. The predicted octanol–water partition coefficient (Wildman–Crippen LogP) is 0.960. The Kier molecular flexibility index (Phi) is 26.8. The molecule has 1 aromatic carbocycles. The lowest BCUT2D eigenvalue weighted by Gasteiger charge is -2.37. The number of amides is 2. The maximum Gasteiger partial charge on any atom is 0.323 e. The average Bonchev–Trinajstić information content (AvgIpc) is 3.30. The van der Waals surface area contributed by atoms with Gasteiger partial charge in [0.15, 0.2) is 5.96 Å². The largest absolute Gasteiger partial charge is 0.492 e. The van der Waals surface area contributed by atoms with Gasteiger partial charge in [-0.25, -0.2) is 8.42 Å². The standard InChI is InChI=1S/C53H90N10O15S/c1-50(2,3)75-43(65)35-60-24-26-61(36-44(66)76-51(4,5)6)28-30-63(31-29-62(27-25-60)37-45(67)77-52(7,8)9)41(48(71)78-53(10,11)12)18-19-42(64)54-23-33-79(72,73)59-40(47(69)70)34-58-46(68)38-14-16-39(17-15-38)74-32-22-57-49-55-20-13-21-56-49/h14-17,40-41,59H,13,18-37H2,1-12H3,(H,54,64)(H,58,68)(H,69,70)(H2,55,56,57)/t40-,41?/m0/s1. The summed E-state index contributed by atoms with van der Waals surface area (Å²) in [5.74, 6) is -4.35. The van der Waals surface area contributed by atoms with Crippen LogP contribution in [0.3, 0.4) is 0 Å². The molecule has 1 unspecified atom stereocenters. The molecule has 3 rings (SSSR count). The number of guanidine groups is 1. The molecule has 1 fully saturated rings. The van der Waals surface area contributed by atoms with Crippen molar-refractivity contribution >= 4 is 57.6 Å². The van der Waals surface area contributed by atoms with Gasteiger partial charge in [0.25, 0.3) is 5.91 Å². The molecular formula is C53H90N10O15S. The van der Waals surface area contributed by atoms with Crippen LogP contribution in [0.15, 0.2) is 29.3 Å². The van der Waals surface area contributed by atoms with Gasteiger partial charge in [-0.1, -0.05) is 0 Å². The van der Waals surface area contributed by atoms with Gasteiger partial charge in [-0.05, 0) is 120 Å². The molecule has 0 saturated carbocycles. The van der Waals surface area contributed by atoms with Crippen molar-refractivity contribution in [2.75, 3.05) is 117 Å². The molecule has 2 aliphatic rings. The van der Waals surface area contributed by atoms with Crippen molar-refractivity contribution in [2.24, 2.45) is 4.99 Å². The lowest BCUT2D eigenvalue weighted by atomic mass is 10.1. The monoisotopic (exact) mass is 1140 g/mol. The van der Waals surface area contributed by atoms with E-state index in [1.54, 1.807) is 95.2 Å². The first-order valence-corrected chi connectivity index (χ1v) is 28.6. The van der Waals surface area contributed by atoms with Gasteiger partial charge in [0.1, 0.15) is 46.8 Å². The van der Waals surface area contributed by atoms with E-state index in [-0.39, 0.29) is 64.2 Å². The Hall–Kier alpha value is -5.67. The fourth-order valence-electron chi connectivity index (χ4n) is 7.95. The summed E-state index contributed by atoms with van der Waals surface area (Å²) in [7, 11) is -4.34. The quantitative estimate of drug-likeness (QED) is 0.0477. The molecule has 2 atom stereocenters. The summed E-state index contributed by atoms with van der Waals surface area (Å²) < 4.78 is 57.0. The van der Waals surface area contributed by atoms with Crippen LogP contribution in [0.25, 0.3) is 0 Å². The zero-order valence-corrected chi connectivity index (χ0v) is 49.4. The third-order valence-electron chi connectivity index (χ3n) is 11.4. The Morgan fingerprint density at radius 1 is 0.671 bits per heavy atom. The second kappa shape index (κ2) is 31.4. The summed E-state index contributed by atoms with van der Waals surface area (Å²) in [5.41, 5.74) is -3.03. The van der Waals surface area contributed by atoms with Crippen LogP contribution in [0, 0.1) is 0 Å². The smallest absolute Gasteiger partial charge is 0.323 e. The van der Waals surface area contributed by atoms with Gasteiger partial charge in [0.2, 0.25) is 15.9 Å². The van der Waals surface area contributed by atoms with Crippen molar-refractivity contribution in [1.82, 2.24) is 45.6 Å². The number of carboxylic acid groups (broad SMARTS) is 1. The summed E-state index contributed by atoms with van der Waals surface area (Å²) in [5, 5.41) is 21.1. The summed E-state index contributed by atoms with van der Waals surface area (Å²) in [6, 6.07) is 3.34. The molecule has 0 radical (unpaired) electrons. The number of hydrogen-bond donors (Lipinski definition) is 6. The zero-order chi connectivity index (χ0) is 59.2. The Labute approximate surface area is 467 Å². The minimum atomic E-state index is -4.34. The second-order valence-corrected chi connectivity index (χ2v) is 25.3. The summed E-state index contributed by atoms with van der Waals surface area (Å²) in [6.45, 7) is 24.1. The molecule has 0 aromatic heterocycles. The maximum atomic E-state index is 14.2. The molecule has 26 heteroatoms. The summed E-state index contributed by atoms with van der Waals surface area (Å²) in [6.07, 6.45) is 0.618. The minimum absolute atomic E-state index is 0.0551. The zero-order valence-electron chi connectivity index (χ0n) is 48.6. The van der Waals surface area contributed by atoms with Gasteiger partial charge in [-0.2, -0.15) is 4.72 Å². The van der Waals surface area contributed by atoms with Crippen LogP contribution in [-0.4, -0.2) is 232 Å². The van der Waals surface area contributed by atoms with Crippen LogP contribution in [0.4, 0.5) is 0 Å². The highest BCUT2D eigenvalue weighted by atomic mass is 32.2. The number of carbonyl (C=O) groups excluding carboxylic acids is 6. The molecule has 25 nitrogen and oxygen atoms in total. The lowest BCUT2D eigenvalue weighted by molar-refractivity contribution is -0.163. The normalized spacial score (nSPS) is 17.0. The van der Waals surface area contributed by atoms with Crippen molar-refractivity contribution in [3.05, 3.63) is 29.8 Å². The van der Waals surface area contributed by atoms with E-state index in [2.05, 4.69) is 31.0 Å². The number of aliphatic carboxylic acids is 1. The van der Waals surface area contributed by atoms with Gasteiger partial charge in [-0.3, -0.25) is 58.2 Å². The molecule has 1 aromatic rings. The number of carboxylic acids is 1. The van der Waals surface area contributed by atoms with E-state index in [4.69, 9.17) is 23.7 Å². The molecule has 0 aliphatic carbocycles. The predicted molar refractivity (Wildman–Crippen MR) is 296 cm³/mol. The van der Waals surface area contributed by atoms with E-state index in [0.29, 0.717) is 51.0 Å². The number of ether oxygens (including phenoxy) is 5. The molecule has 0 spiro atoms. The molecule has 1 saturated heterocycles. The topological polar surface area (TPSA) is 305 Å². The highest BCUT2D eigenvalue weighted by Crippen LogP contribution is 2.18. The average molecular weight is 1140 g/mol. The third-order valence-corrected chi connectivity index (χ3v) is 12.8. The summed E-state index contributed by atoms with van der Waals surface area (Å²) in [4.78, 5) is 104. The van der Waals surface area contributed by atoms with Crippen molar-refractivity contribution in [3.8, 4) is 5.75 Å². The van der Waals surface area contributed by atoms with E-state index in [9.17, 15) is 47.1 Å². The first-order chi connectivity index (χ1) is 36.6. The van der Waals surface area contributed by atoms with Crippen LogP contribution >= 0.6 is 0 Å². The van der Waals surface area contributed by atoms with Crippen LogP contribution < -0.4 is 30.7 Å². The summed E-state index contributed by atoms with van der Waals surface area (Å²) >= 11 is 0. The number of nitrogens with zero attached hydrogens (tertiary/aromatic N) is 5. The molecule has 2 aliphatic heterocycles. The fourth-order valence-corrected chi connectivity index (χ4v) is 9.06. The van der Waals surface area contributed by atoms with Gasteiger partial charge in [-0.15, -0.1) is 0 Å². The van der Waals surface area contributed by atoms with E-state index in [1.807, 2.05) is 19.6 Å². The number of rotatable bonds is 24. The minimum Gasteiger partial charge on any atom is -0.492 e. The molecule has 0 bridgehead atoms. The number of sulfonamides is 1. The van der Waals surface area contributed by atoms with E-state index >= 15 is 0 Å². The van der Waals surface area contributed by atoms with Crippen LogP contribution in [0.5, 0.6) is 5.75 Å². The molecule has 2 amide bonds. The molecule has 79 heavy (non-hydrogen) atoms. The van der Waals surface area contributed by atoms with Gasteiger partial charge < -0.3 is 50.1 Å². The van der Waals surface area contributed by atoms with E-state index in [1.165, 1.54) is 12.1 Å². The number of carbonyl (C=O) groups is 7.